The van der Waals surface area contributed by atoms with Gasteiger partial charge in [0.2, 0.25) is 5.91 Å². The van der Waals surface area contributed by atoms with Gasteiger partial charge in [-0.25, -0.2) is 4.68 Å². The fraction of sp³-hybridized carbons (Fsp3) is 0.385. The van der Waals surface area contributed by atoms with E-state index in [1.807, 2.05) is 36.0 Å². The van der Waals surface area contributed by atoms with Crippen LogP contribution < -0.4 is 5.32 Å². The van der Waals surface area contributed by atoms with Crippen molar-refractivity contribution in [3.63, 3.8) is 0 Å². The first-order valence-corrected chi connectivity index (χ1v) is 6.90. The van der Waals surface area contributed by atoms with E-state index in [9.17, 15) is 4.79 Å². The van der Waals surface area contributed by atoms with E-state index < -0.39 is 0 Å². The molecule has 1 N–H and O–H groups in total. The van der Waals surface area contributed by atoms with E-state index in [2.05, 4.69) is 16.5 Å². The average molecular weight is 263 g/mol. The number of nitrogens with zero attached hydrogens (tertiary/aromatic N) is 2. The highest BCUT2D eigenvalue weighted by atomic mass is 32.1. The van der Waals surface area contributed by atoms with Crippen LogP contribution in [-0.2, 0) is 11.2 Å². The maximum Gasteiger partial charge on any atom is 0.225 e. The third-order valence-electron chi connectivity index (χ3n) is 2.61. The van der Waals surface area contributed by atoms with Crippen molar-refractivity contribution in [2.24, 2.45) is 0 Å². The fourth-order valence-corrected chi connectivity index (χ4v) is 2.43. The molecule has 0 aliphatic heterocycles. The van der Waals surface area contributed by atoms with Crippen LogP contribution in [0.25, 0.3) is 0 Å². The van der Waals surface area contributed by atoms with E-state index in [-0.39, 0.29) is 11.9 Å². The largest absolute Gasteiger partial charge is 0.311 e. The van der Waals surface area contributed by atoms with E-state index in [1.165, 1.54) is 4.88 Å². The van der Waals surface area contributed by atoms with Crippen LogP contribution in [0.1, 0.15) is 31.2 Å². The number of thiophene rings is 1. The number of anilines is 1. The van der Waals surface area contributed by atoms with Gasteiger partial charge in [-0.1, -0.05) is 6.07 Å². The highest BCUT2D eigenvalue weighted by molar-refractivity contribution is 7.09. The molecule has 0 bridgehead atoms. The molecule has 18 heavy (non-hydrogen) atoms. The topological polar surface area (TPSA) is 46.9 Å². The molecule has 1 amide bonds. The number of hydrogen-bond donors (Lipinski definition) is 1. The Hall–Kier alpha value is -1.62. The first-order chi connectivity index (χ1) is 8.66. The Morgan fingerprint density at radius 2 is 2.33 bits per heavy atom. The zero-order valence-electron chi connectivity index (χ0n) is 10.6. The fourth-order valence-electron chi connectivity index (χ4n) is 1.72. The Morgan fingerprint density at radius 1 is 1.50 bits per heavy atom. The molecule has 0 unspecified atom stereocenters. The minimum absolute atomic E-state index is 0.0331. The normalized spacial score (nSPS) is 10.8. The molecule has 0 saturated carbocycles. The van der Waals surface area contributed by atoms with Crippen molar-refractivity contribution in [1.29, 1.82) is 0 Å². The summed E-state index contributed by atoms with van der Waals surface area (Å²) < 4.78 is 1.81. The maximum absolute atomic E-state index is 11.8. The summed E-state index contributed by atoms with van der Waals surface area (Å²) in [4.78, 5) is 13.1. The molecule has 0 saturated heterocycles. The molecule has 5 heteroatoms. The van der Waals surface area contributed by atoms with Crippen molar-refractivity contribution in [3.05, 3.63) is 34.7 Å². The molecule has 0 aliphatic rings. The second kappa shape index (κ2) is 5.82. The van der Waals surface area contributed by atoms with Crippen LogP contribution in [0.3, 0.4) is 0 Å². The number of aryl methyl sites for hydroxylation is 1. The zero-order chi connectivity index (χ0) is 13.0. The van der Waals surface area contributed by atoms with E-state index >= 15 is 0 Å². The van der Waals surface area contributed by atoms with Gasteiger partial charge in [0.15, 0.2) is 0 Å². The van der Waals surface area contributed by atoms with E-state index in [0.29, 0.717) is 6.42 Å². The summed E-state index contributed by atoms with van der Waals surface area (Å²) in [5.41, 5.74) is 0. The summed E-state index contributed by atoms with van der Waals surface area (Å²) in [7, 11) is 0. The van der Waals surface area contributed by atoms with Gasteiger partial charge < -0.3 is 5.32 Å². The third-order valence-corrected chi connectivity index (χ3v) is 3.54. The second-order valence-electron chi connectivity index (χ2n) is 4.38. The van der Waals surface area contributed by atoms with Crippen LogP contribution in [0, 0.1) is 0 Å². The highest BCUT2D eigenvalue weighted by Gasteiger charge is 2.09. The van der Waals surface area contributed by atoms with Gasteiger partial charge in [0.05, 0.1) is 6.20 Å². The quantitative estimate of drug-likeness (QED) is 0.901. The summed E-state index contributed by atoms with van der Waals surface area (Å²) in [5, 5.41) is 9.11. The molecular weight excluding hydrogens is 246 g/mol. The predicted octanol–water partition coefficient (Wildman–Crippen LogP) is 3.10. The summed E-state index contributed by atoms with van der Waals surface area (Å²) in [6.45, 7) is 4.07. The van der Waals surface area contributed by atoms with Gasteiger partial charge in [0.25, 0.3) is 0 Å². The molecule has 0 spiro atoms. The van der Waals surface area contributed by atoms with E-state index in [0.717, 1.165) is 12.2 Å². The standard InChI is InChI=1S/C13H17N3OS/c1-10(2)16-12(7-8-14-16)15-13(17)6-5-11-4-3-9-18-11/h3-4,7-10H,5-6H2,1-2H3,(H,15,17). The van der Waals surface area contributed by atoms with Crippen LogP contribution in [0.5, 0.6) is 0 Å². The maximum atomic E-state index is 11.8. The SMILES string of the molecule is CC(C)n1nccc1NC(=O)CCc1cccs1. The van der Waals surface area contributed by atoms with Crippen molar-refractivity contribution in [2.45, 2.75) is 32.7 Å². The summed E-state index contributed by atoms with van der Waals surface area (Å²) in [6, 6.07) is 6.12. The van der Waals surface area contributed by atoms with Gasteiger partial charge in [-0.2, -0.15) is 5.10 Å². The molecule has 2 heterocycles. The van der Waals surface area contributed by atoms with Crippen molar-refractivity contribution >= 4 is 23.1 Å². The summed E-state index contributed by atoms with van der Waals surface area (Å²) in [6.07, 6.45) is 3.00. The molecule has 0 atom stereocenters. The van der Waals surface area contributed by atoms with Gasteiger partial charge >= 0.3 is 0 Å². The zero-order valence-corrected chi connectivity index (χ0v) is 11.4. The molecule has 2 rings (SSSR count). The first kappa shape index (κ1) is 12.8. The molecule has 0 fully saturated rings. The van der Waals surface area contributed by atoms with Gasteiger partial charge in [-0.3, -0.25) is 4.79 Å². The van der Waals surface area contributed by atoms with Crippen LogP contribution in [0.4, 0.5) is 5.82 Å². The van der Waals surface area contributed by atoms with Crippen molar-refractivity contribution in [3.8, 4) is 0 Å². The lowest BCUT2D eigenvalue weighted by molar-refractivity contribution is -0.116. The highest BCUT2D eigenvalue weighted by Crippen LogP contribution is 2.15. The molecule has 2 aromatic rings. The lowest BCUT2D eigenvalue weighted by atomic mass is 10.2. The number of amides is 1. The minimum Gasteiger partial charge on any atom is -0.311 e. The van der Waals surface area contributed by atoms with Crippen molar-refractivity contribution < 1.29 is 4.79 Å². The predicted molar refractivity (Wildman–Crippen MR) is 73.9 cm³/mol. The molecule has 0 radical (unpaired) electrons. The third kappa shape index (κ3) is 3.20. The Bertz CT molecular complexity index is 502. The first-order valence-electron chi connectivity index (χ1n) is 6.02. The Labute approximate surface area is 111 Å². The molecular formula is C13H17N3OS. The van der Waals surface area contributed by atoms with E-state index in [1.54, 1.807) is 17.5 Å². The van der Waals surface area contributed by atoms with Gasteiger partial charge in [0, 0.05) is 23.4 Å². The number of aromatic nitrogens is 2. The molecule has 2 aromatic heterocycles. The summed E-state index contributed by atoms with van der Waals surface area (Å²) >= 11 is 1.68. The molecule has 0 aliphatic carbocycles. The van der Waals surface area contributed by atoms with Crippen LogP contribution in [0.15, 0.2) is 29.8 Å². The Kier molecular flexibility index (Phi) is 4.15. The number of rotatable bonds is 5. The molecule has 4 nitrogen and oxygen atoms in total. The minimum atomic E-state index is 0.0331. The Balaban J connectivity index is 1.89. The lowest BCUT2D eigenvalue weighted by Crippen LogP contribution is -2.16. The smallest absolute Gasteiger partial charge is 0.225 e. The number of carbonyl (C=O) groups excluding carboxylic acids is 1. The molecule has 96 valence electrons. The van der Waals surface area contributed by atoms with Crippen molar-refractivity contribution in [2.75, 3.05) is 5.32 Å². The number of nitrogens with one attached hydrogen (secondary N) is 1. The monoisotopic (exact) mass is 263 g/mol. The Morgan fingerprint density at radius 3 is 3.00 bits per heavy atom. The van der Waals surface area contributed by atoms with Gasteiger partial charge in [-0.05, 0) is 31.7 Å². The van der Waals surface area contributed by atoms with Gasteiger partial charge in [-0.15, -0.1) is 11.3 Å². The van der Waals surface area contributed by atoms with Crippen LogP contribution in [-0.4, -0.2) is 15.7 Å². The average Bonchev–Trinajstić information content (AvgIpc) is 2.96. The van der Waals surface area contributed by atoms with E-state index in [4.69, 9.17) is 0 Å². The summed E-state index contributed by atoms with van der Waals surface area (Å²) in [5.74, 6) is 0.798. The second-order valence-corrected chi connectivity index (χ2v) is 5.41. The number of carbonyl (C=O) groups is 1. The van der Waals surface area contributed by atoms with Crippen LogP contribution in [0.2, 0.25) is 0 Å². The van der Waals surface area contributed by atoms with Crippen molar-refractivity contribution in [1.82, 2.24) is 9.78 Å². The number of hydrogen-bond acceptors (Lipinski definition) is 3. The van der Waals surface area contributed by atoms with Crippen LogP contribution >= 0.6 is 11.3 Å². The lowest BCUT2D eigenvalue weighted by Gasteiger charge is -2.11. The van der Waals surface area contributed by atoms with Gasteiger partial charge in [0.1, 0.15) is 5.82 Å². The molecule has 0 aromatic carbocycles.